The van der Waals surface area contributed by atoms with Crippen LogP contribution < -0.4 is 0 Å². The third-order valence-electron chi connectivity index (χ3n) is 2.15. The summed E-state index contributed by atoms with van der Waals surface area (Å²) in [6.45, 7) is 0. The quantitative estimate of drug-likeness (QED) is 0.684. The van der Waals surface area contributed by atoms with Gasteiger partial charge in [-0.1, -0.05) is 23.2 Å². The Bertz CT molecular complexity index is 715. The lowest BCUT2D eigenvalue weighted by atomic mass is 10.1. The van der Waals surface area contributed by atoms with Crippen LogP contribution in [-0.4, -0.2) is 18.6 Å². The van der Waals surface area contributed by atoms with Gasteiger partial charge in [0.2, 0.25) is 0 Å². The highest BCUT2D eigenvalue weighted by Gasteiger charge is 2.23. The van der Waals surface area contributed by atoms with Crippen LogP contribution in [0.5, 0.6) is 0 Å². The van der Waals surface area contributed by atoms with E-state index < -0.39 is 20.9 Å². The number of nitrogens with one attached hydrogen (secondary N) is 1. The molecule has 0 bridgehead atoms. The van der Waals surface area contributed by atoms with Crippen LogP contribution in [0, 0.1) is 5.82 Å². The van der Waals surface area contributed by atoms with E-state index in [1.165, 1.54) is 0 Å². The van der Waals surface area contributed by atoms with Gasteiger partial charge >= 0.3 is 10.2 Å². The van der Waals surface area contributed by atoms with Crippen molar-refractivity contribution in [3.63, 3.8) is 0 Å². The van der Waals surface area contributed by atoms with Gasteiger partial charge in [0.05, 0.1) is 21.9 Å². The van der Waals surface area contributed by atoms with E-state index in [2.05, 4.69) is 10.2 Å². The smallest absolute Gasteiger partial charge is 0.276 e. The first-order valence-electron chi connectivity index (χ1n) is 4.43. The van der Waals surface area contributed by atoms with E-state index in [0.29, 0.717) is 0 Å². The summed E-state index contributed by atoms with van der Waals surface area (Å²) >= 11 is 11.3. The molecule has 1 aromatic heterocycles. The molecule has 0 spiro atoms. The van der Waals surface area contributed by atoms with Crippen molar-refractivity contribution in [2.45, 2.75) is 4.90 Å². The molecule has 0 saturated carbocycles. The van der Waals surface area contributed by atoms with Crippen LogP contribution in [-0.2, 0) is 10.2 Å². The lowest BCUT2D eigenvalue weighted by molar-refractivity contribution is 0.552. The zero-order valence-electron chi connectivity index (χ0n) is 8.42. The zero-order chi connectivity index (χ0) is 13.5. The zero-order valence-corrected chi connectivity index (χ0v) is 10.7. The Morgan fingerprint density at radius 3 is 2.50 bits per heavy atom. The summed E-state index contributed by atoms with van der Waals surface area (Å²) in [5.41, 5.74) is -0.287. The Kier molecular flexibility index (Phi) is 3.31. The number of aromatic amines is 1. The number of hydrogen-bond acceptors (Lipinski definition) is 3. The lowest BCUT2D eigenvalue weighted by Gasteiger charge is -2.04. The Labute approximate surface area is 111 Å². The van der Waals surface area contributed by atoms with Crippen molar-refractivity contribution < 1.29 is 16.7 Å². The minimum absolute atomic E-state index is 0.0319. The monoisotopic (exact) mass is 312 g/mol. The molecule has 1 aromatic carbocycles. The Balaban J connectivity index is 2.71. The van der Waals surface area contributed by atoms with Gasteiger partial charge in [-0.15, -0.1) is 3.89 Å². The van der Waals surface area contributed by atoms with E-state index in [1.54, 1.807) is 0 Å². The topological polar surface area (TPSA) is 62.8 Å². The second-order valence-electron chi connectivity index (χ2n) is 3.29. The number of hydrogen-bond donors (Lipinski definition) is 1. The van der Waals surface area contributed by atoms with Gasteiger partial charge in [0.1, 0.15) is 10.7 Å². The van der Waals surface area contributed by atoms with Crippen molar-refractivity contribution in [2.75, 3.05) is 0 Å². The molecule has 4 nitrogen and oxygen atoms in total. The van der Waals surface area contributed by atoms with Crippen LogP contribution in [0.1, 0.15) is 0 Å². The average Bonchev–Trinajstić information content (AvgIpc) is 2.71. The van der Waals surface area contributed by atoms with Gasteiger partial charge in [0, 0.05) is 5.56 Å². The number of rotatable bonds is 2. The number of H-pyrrole nitrogens is 1. The maximum atomic E-state index is 13.3. The van der Waals surface area contributed by atoms with Crippen LogP contribution >= 0.6 is 23.2 Å². The molecule has 1 heterocycles. The van der Waals surface area contributed by atoms with Crippen molar-refractivity contribution >= 4 is 33.4 Å². The number of benzene rings is 1. The van der Waals surface area contributed by atoms with Gasteiger partial charge in [-0.2, -0.15) is 13.5 Å². The largest absolute Gasteiger partial charge is 0.335 e. The molecule has 2 aromatic rings. The number of nitrogens with zero attached hydrogens (tertiary/aromatic N) is 1. The molecule has 0 atom stereocenters. The van der Waals surface area contributed by atoms with E-state index in [1.807, 2.05) is 0 Å². The van der Waals surface area contributed by atoms with Crippen molar-refractivity contribution in [1.29, 1.82) is 0 Å². The van der Waals surface area contributed by atoms with E-state index >= 15 is 0 Å². The molecule has 1 N–H and O–H groups in total. The highest BCUT2D eigenvalue weighted by atomic mass is 35.5. The molecule has 96 valence electrons. The predicted octanol–water partition coefficient (Wildman–Crippen LogP) is 3.18. The Morgan fingerprint density at radius 1 is 1.22 bits per heavy atom. The second kappa shape index (κ2) is 4.49. The van der Waals surface area contributed by atoms with Gasteiger partial charge < -0.3 is 0 Å². The van der Waals surface area contributed by atoms with Gasteiger partial charge in [0.15, 0.2) is 0 Å². The molecule has 0 unspecified atom stereocenters. The molecule has 0 amide bonds. The van der Waals surface area contributed by atoms with Gasteiger partial charge in [-0.3, -0.25) is 5.10 Å². The second-order valence-corrected chi connectivity index (χ2v) is 5.42. The van der Waals surface area contributed by atoms with Crippen LogP contribution in [0.3, 0.4) is 0 Å². The first kappa shape index (κ1) is 13.3. The van der Waals surface area contributed by atoms with E-state index in [4.69, 9.17) is 23.2 Å². The molecular weight excluding hydrogens is 309 g/mol. The third kappa shape index (κ3) is 2.33. The Morgan fingerprint density at radius 2 is 1.89 bits per heavy atom. The van der Waals surface area contributed by atoms with Gasteiger partial charge in [0.25, 0.3) is 0 Å². The summed E-state index contributed by atoms with van der Waals surface area (Å²) in [5.74, 6) is -0.812. The van der Waals surface area contributed by atoms with Crippen LogP contribution in [0.2, 0.25) is 10.0 Å². The molecule has 0 radical (unpaired) electrons. The predicted molar refractivity (Wildman–Crippen MR) is 62.3 cm³/mol. The lowest BCUT2D eigenvalue weighted by Crippen LogP contribution is -1.94. The van der Waals surface area contributed by atoms with Crippen molar-refractivity contribution in [2.24, 2.45) is 0 Å². The molecule has 0 aliphatic rings. The maximum absolute atomic E-state index is 13.3. The molecule has 0 saturated heterocycles. The van der Waals surface area contributed by atoms with Crippen LogP contribution in [0.4, 0.5) is 8.28 Å². The molecular formula is C9H4Cl2F2N2O2S. The average molecular weight is 313 g/mol. The summed E-state index contributed by atoms with van der Waals surface area (Å²) < 4.78 is 48.0. The SMILES string of the molecule is O=S(=O)(F)c1cn[nH]c1-c1cc(F)c(Cl)cc1Cl. The fraction of sp³-hybridized carbons (Fsp3) is 0. The first-order chi connectivity index (χ1) is 8.30. The maximum Gasteiger partial charge on any atom is 0.335 e. The number of aromatic nitrogens is 2. The molecule has 18 heavy (non-hydrogen) atoms. The van der Waals surface area contributed by atoms with E-state index in [9.17, 15) is 16.7 Å². The standard InChI is InChI=1S/C9H4Cl2F2N2O2S/c10-5-2-6(11)7(12)1-4(5)9-8(3-14-15-9)18(13,16)17/h1-3H,(H,14,15). The fourth-order valence-corrected chi connectivity index (χ4v) is 2.42. The van der Waals surface area contributed by atoms with E-state index in [-0.39, 0.29) is 21.3 Å². The Hall–Kier alpha value is -1.18. The summed E-state index contributed by atoms with van der Waals surface area (Å²) in [5, 5.41) is 5.39. The van der Waals surface area contributed by atoms with Crippen molar-refractivity contribution in [1.82, 2.24) is 10.2 Å². The summed E-state index contributed by atoms with van der Waals surface area (Å²) in [6.07, 6.45) is 0.771. The normalized spacial score (nSPS) is 11.8. The van der Waals surface area contributed by atoms with Crippen LogP contribution in [0.15, 0.2) is 23.2 Å². The summed E-state index contributed by atoms with van der Waals surface area (Å²) in [4.78, 5) is -0.717. The summed E-state index contributed by atoms with van der Waals surface area (Å²) in [7, 11) is -4.99. The van der Waals surface area contributed by atoms with E-state index in [0.717, 1.165) is 18.3 Å². The number of halogens is 4. The van der Waals surface area contributed by atoms with Crippen molar-refractivity contribution in [3.8, 4) is 11.3 Å². The summed E-state index contributed by atoms with van der Waals surface area (Å²) in [6, 6.07) is 1.98. The first-order valence-corrected chi connectivity index (χ1v) is 6.57. The minimum atomic E-state index is -4.99. The molecule has 0 aliphatic carbocycles. The molecule has 0 aliphatic heterocycles. The van der Waals surface area contributed by atoms with Crippen LogP contribution in [0.25, 0.3) is 11.3 Å². The molecule has 9 heteroatoms. The van der Waals surface area contributed by atoms with Crippen molar-refractivity contribution in [3.05, 3.63) is 34.2 Å². The highest BCUT2D eigenvalue weighted by molar-refractivity contribution is 7.86. The molecule has 2 rings (SSSR count). The fourth-order valence-electron chi connectivity index (χ4n) is 1.37. The molecule has 0 fully saturated rings. The minimum Gasteiger partial charge on any atom is -0.276 e. The highest BCUT2D eigenvalue weighted by Crippen LogP contribution is 2.34. The van der Waals surface area contributed by atoms with Gasteiger partial charge in [-0.05, 0) is 12.1 Å². The van der Waals surface area contributed by atoms with Gasteiger partial charge in [-0.25, -0.2) is 4.39 Å². The third-order valence-corrected chi connectivity index (χ3v) is 3.58.